The van der Waals surface area contributed by atoms with Crippen LogP contribution in [0.4, 0.5) is 5.13 Å². The van der Waals surface area contributed by atoms with E-state index in [4.69, 9.17) is 9.72 Å². The number of ether oxygens (including phenoxy) is 1. The van der Waals surface area contributed by atoms with Crippen LogP contribution < -0.4 is 10.1 Å². The van der Waals surface area contributed by atoms with Crippen molar-refractivity contribution in [1.29, 1.82) is 0 Å². The molecular formula is C22H16N2O2S. The molecule has 0 unspecified atom stereocenters. The SMILES string of the molecule is CCOc1ccc(C(=O)Nc2nc3c(s2)-c2cccc4cccc-3c24)cc1. The van der Waals surface area contributed by atoms with E-state index in [9.17, 15) is 4.79 Å². The number of rotatable bonds is 4. The highest BCUT2D eigenvalue weighted by Crippen LogP contribution is 2.50. The van der Waals surface area contributed by atoms with Crippen molar-refractivity contribution >= 4 is 33.1 Å². The van der Waals surface area contributed by atoms with Crippen LogP contribution >= 0.6 is 11.3 Å². The van der Waals surface area contributed by atoms with Crippen molar-refractivity contribution in [3.05, 3.63) is 66.2 Å². The molecule has 0 saturated carbocycles. The number of anilines is 1. The predicted octanol–water partition coefficient (Wildman–Crippen LogP) is 5.59. The smallest absolute Gasteiger partial charge is 0.257 e. The van der Waals surface area contributed by atoms with E-state index in [0.717, 1.165) is 21.9 Å². The van der Waals surface area contributed by atoms with E-state index in [-0.39, 0.29) is 5.91 Å². The van der Waals surface area contributed by atoms with E-state index in [0.29, 0.717) is 17.3 Å². The van der Waals surface area contributed by atoms with Crippen LogP contribution in [0.3, 0.4) is 0 Å². The quantitative estimate of drug-likeness (QED) is 0.447. The van der Waals surface area contributed by atoms with Gasteiger partial charge in [0.05, 0.1) is 17.2 Å². The van der Waals surface area contributed by atoms with Gasteiger partial charge in [0.25, 0.3) is 5.91 Å². The number of carbonyl (C=O) groups is 1. The molecule has 27 heavy (non-hydrogen) atoms. The molecule has 0 fully saturated rings. The normalized spacial score (nSPS) is 11.4. The first kappa shape index (κ1) is 16.0. The Labute approximate surface area is 160 Å². The standard InChI is InChI=1S/C22H16N2O2S/c1-2-26-15-11-9-14(10-12-15)21(25)24-22-23-19-16-7-3-5-13-6-4-8-17(18(13)16)20(19)27-22/h3-12H,2H2,1H3,(H,23,24,25). The maximum Gasteiger partial charge on any atom is 0.257 e. The fourth-order valence-corrected chi connectivity index (χ4v) is 4.51. The number of benzene rings is 3. The monoisotopic (exact) mass is 372 g/mol. The summed E-state index contributed by atoms with van der Waals surface area (Å²) in [4.78, 5) is 18.4. The lowest BCUT2D eigenvalue weighted by Crippen LogP contribution is -2.11. The highest BCUT2D eigenvalue weighted by molar-refractivity contribution is 7.20. The zero-order chi connectivity index (χ0) is 18.4. The average Bonchev–Trinajstić information content (AvgIpc) is 3.22. The Morgan fingerprint density at radius 2 is 1.78 bits per heavy atom. The summed E-state index contributed by atoms with van der Waals surface area (Å²) < 4.78 is 5.42. The molecule has 1 aromatic heterocycles. The zero-order valence-electron chi connectivity index (χ0n) is 14.7. The lowest BCUT2D eigenvalue weighted by Gasteiger charge is -2.05. The molecule has 4 nitrogen and oxygen atoms in total. The summed E-state index contributed by atoms with van der Waals surface area (Å²) in [7, 11) is 0. The number of aromatic nitrogens is 1. The van der Waals surface area contributed by atoms with Gasteiger partial charge in [0.2, 0.25) is 0 Å². The van der Waals surface area contributed by atoms with Crippen LogP contribution in [0.1, 0.15) is 17.3 Å². The first-order valence-corrected chi connectivity index (χ1v) is 9.64. The minimum atomic E-state index is -0.169. The second-order valence-electron chi connectivity index (χ2n) is 6.32. The van der Waals surface area contributed by atoms with Crippen molar-refractivity contribution in [2.75, 3.05) is 11.9 Å². The maximum absolute atomic E-state index is 12.6. The van der Waals surface area contributed by atoms with Crippen LogP contribution in [0.15, 0.2) is 60.7 Å². The number of thiazole rings is 1. The minimum absolute atomic E-state index is 0.169. The van der Waals surface area contributed by atoms with E-state index < -0.39 is 0 Å². The van der Waals surface area contributed by atoms with E-state index in [1.54, 1.807) is 24.3 Å². The Kier molecular flexibility index (Phi) is 3.69. The maximum atomic E-state index is 12.6. The fourth-order valence-electron chi connectivity index (χ4n) is 3.50. The largest absolute Gasteiger partial charge is 0.494 e. The molecule has 0 bridgehead atoms. The second-order valence-corrected chi connectivity index (χ2v) is 7.32. The van der Waals surface area contributed by atoms with Gasteiger partial charge in [-0.2, -0.15) is 0 Å². The molecule has 0 spiro atoms. The molecule has 5 heteroatoms. The van der Waals surface area contributed by atoms with Gasteiger partial charge in [-0.3, -0.25) is 10.1 Å². The lowest BCUT2D eigenvalue weighted by molar-refractivity contribution is 0.102. The Bertz CT molecular complexity index is 1120. The summed E-state index contributed by atoms with van der Waals surface area (Å²) in [6.45, 7) is 2.53. The second kappa shape index (κ2) is 6.21. The fraction of sp³-hybridized carbons (Fsp3) is 0.0909. The van der Waals surface area contributed by atoms with Crippen molar-refractivity contribution in [1.82, 2.24) is 4.98 Å². The summed E-state index contributed by atoms with van der Waals surface area (Å²) in [5, 5.41) is 6.01. The van der Waals surface area contributed by atoms with Gasteiger partial charge in [0, 0.05) is 16.7 Å². The number of fused-ring (bicyclic) bond motifs is 3. The van der Waals surface area contributed by atoms with Gasteiger partial charge < -0.3 is 4.74 Å². The third-order valence-corrected chi connectivity index (χ3v) is 5.68. The number of carbonyl (C=O) groups excluding carboxylic acids is 1. The summed E-state index contributed by atoms with van der Waals surface area (Å²) in [5.74, 6) is 0.587. The van der Waals surface area contributed by atoms with Crippen LogP contribution in [0.25, 0.3) is 32.5 Å². The summed E-state index contributed by atoms with van der Waals surface area (Å²) in [6.07, 6.45) is 0. The van der Waals surface area contributed by atoms with E-state index in [1.807, 2.05) is 13.0 Å². The molecule has 4 aromatic rings. The third-order valence-electron chi connectivity index (χ3n) is 4.68. The molecule has 1 N–H and O–H groups in total. The summed E-state index contributed by atoms with van der Waals surface area (Å²) in [5.41, 5.74) is 3.86. The van der Waals surface area contributed by atoms with Crippen molar-refractivity contribution in [2.45, 2.75) is 6.92 Å². The molecule has 132 valence electrons. The van der Waals surface area contributed by atoms with Crippen LogP contribution in [-0.4, -0.2) is 17.5 Å². The van der Waals surface area contributed by atoms with Crippen LogP contribution in [0.5, 0.6) is 5.75 Å². The minimum Gasteiger partial charge on any atom is -0.494 e. The number of amides is 1. The summed E-state index contributed by atoms with van der Waals surface area (Å²) in [6, 6.07) is 19.7. The molecule has 1 aliphatic rings. The van der Waals surface area contributed by atoms with Crippen molar-refractivity contribution in [2.24, 2.45) is 0 Å². The molecule has 0 radical (unpaired) electrons. The molecule has 5 rings (SSSR count). The van der Waals surface area contributed by atoms with Gasteiger partial charge >= 0.3 is 0 Å². The molecule has 0 aliphatic heterocycles. The molecular weight excluding hydrogens is 356 g/mol. The number of nitrogens with zero attached hydrogens (tertiary/aromatic N) is 1. The molecule has 0 atom stereocenters. The van der Waals surface area contributed by atoms with Gasteiger partial charge in [0.15, 0.2) is 5.13 Å². The first-order valence-electron chi connectivity index (χ1n) is 8.82. The average molecular weight is 372 g/mol. The molecule has 1 heterocycles. The Hall–Kier alpha value is -3.18. The molecule has 0 saturated heterocycles. The van der Waals surface area contributed by atoms with Gasteiger partial charge in [-0.25, -0.2) is 4.98 Å². The number of hydrogen-bond acceptors (Lipinski definition) is 4. The van der Waals surface area contributed by atoms with Crippen molar-refractivity contribution in [3.63, 3.8) is 0 Å². The number of nitrogens with one attached hydrogen (secondary N) is 1. The van der Waals surface area contributed by atoms with Gasteiger partial charge in [-0.1, -0.05) is 47.7 Å². The van der Waals surface area contributed by atoms with Crippen LogP contribution in [-0.2, 0) is 0 Å². The zero-order valence-corrected chi connectivity index (χ0v) is 15.5. The molecule has 3 aromatic carbocycles. The van der Waals surface area contributed by atoms with E-state index in [2.05, 4.69) is 35.6 Å². The highest BCUT2D eigenvalue weighted by Gasteiger charge is 2.26. The van der Waals surface area contributed by atoms with Crippen LogP contribution in [0, 0.1) is 0 Å². The van der Waals surface area contributed by atoms with Gasteiger partial charge in [-0.05, 0) is 42.0 Å². The summed E-state index contributed by atoms with van der Waals surface area (Å²) >= 11 is 1.52. The third kappa shape index (κ3) is 2.59. The molecule has 1 aliphatic carbocycles. The predicted molar refractivity (Wildman–Crippen MR) is 110 cm³/mol. The van der Waals surface area contributed by atoms with E-state index >= 15 is 0 Å². The number of hydrogen-bond donors (Lipinski definition) is 1. The van der Waals surface area contributed by atoms with Crippen molar-refractivity contribution < 1.29 is 9.53 Å². The Morgan fingerprint density at radius 3 is 2.52 bits per heavy atom. The topological polar surface area (TPSA) is 51.2 Å². The van der Waals surface area contributed by atoms with Crippen molar-refractivity contribution in [3.8, 4) is 27.4 Å². The lowest BCUT2D eigenvalue weighted by atomic mass is 10.0. The van der Waals surface area contributed by atoms with E-state index in [1.165, 1.54) is 27.7 Å². The highest BCUT2D eigenvalue weighted by atomic mass is 32.1. The Morgan fingerprint density at radius 1 is 1.04 bits per heavy atom. The van der Waals surface area contributed by atoms with Gasteiger partial charge in [-0.15, -0.1) is 0 Å². The van der Waals surface area contributed by atoms with Gasteiger partial charge in [0.1, 0.15) is 5.75 Å². The Balaban J connectivity index is 1.44. The molecule has 1 amide bonds. The van der Waals surface area contributed by atoms with Crippen LogP contribution in [0.2, 0.25) is 0 Å². The first-order chi connectivity index (χ1) is 13.2.